The van der Waals surface area contributed by atoms with Crippen LogP contribution in [-0.2, 0) is 16.1 Å². The molecule has 2 fully saturated rings. The van der Waals surface area contributed by atoms with Gasteiger partial charge in [-0.25, -0.2) is 0 Å². The Labute approximate surface area is 197 Å². The van der Waals surface area contributed by atoms with Crippen LogP contribution in [0.15, 0.2) is 60.8 Å². The number of carbonyl (C=O) groups is 2. The smallest absolute Gasteiger partial charge is 0.225 e. The molecule has 33 heavy (non-hydrogen) atoms. The fraction of sp³-hybridized carbons (Fsp3) is 0.462. The molecule has 2 amide bonds. The Balaban J connectivity index is 1.41. The van der Waals surface area contributed by atoms with Crippen molar-refractivity contribution in [1.82, 2.24) is 14.7 Å². The summed E-state index contributed by atoms with van der Waals surface area (Å²) in [6.45, 7) is 12.2. The summed E-state index contributed by atoms with van der Waals surface area (Å²) < 4.78 is 0. The van der Waals surface area contributed by atoms with Crippen LogP contribution < -0.4 is 11.1 Å². The average Bonchev–Trinajstić information content (AvgIpc) is 2.81. The highest BCUT2D eigenvalue weighted by molar-refractivity contribution is 5.88. The van der Waals surface area contributed by atoms with Crippen molar-refractivity contribution in [2.45, 2.75) is 26.3 Å². The molecule has 1 aromatic rings. The van der Waals surface area contributed by atoms with Crippen LogP contribution in [0.5, 0.6) is 0 Å². The molecule has 0 aliphatic carbocycles. The van der Waals surface area contributed by atoms with E-state index in [4.69, 9.17) is 5.73 Å². The van der Waals surface area contributed by atoms with Crippen molar-refractivity contribution >= 4 is 17.5 Å². The Bertz CT molecular complexity index is 861. The lowest BCUT2D eigenvalue weighted by molar-refractivity contribution is -0.138. The second-order valence-electron chi connectivity index (χ2n) is 8.87. The lowest BCUT2D eigenvalue weighted by atomic mass is 9.94. The number of benzene rings is 1. The number of nitrogens with two attached hydrogens (primary N) is 1. The van der Waals surface area contributed by atoms with Crippen LogP contribution >= 0.6 is 0 Å². The van der Waals surface area contributed by atoms with Crippen LogP contribution in [0, 0.1) is 5.92 Å². The second kappa shape index (κ2) is 12.4. The van der Waals surface area contributed by atoms with Crippen molar-refractivity contribution < 1.29 is 9.59 Å². The first kappa shape index (κ1) is 24.7. The van der Waals surface area contributed by atoms with E-state index >= 15 is 0 Å². The van der Waals surface area contributed by atoms with Gasteiger partial charge in [0, 0.05) is 57.8 Å². The zero-order valence-electron chi connectivity index (χ0n) is 19.7. The standard InChI is InChI=1S/C26H37N5O2/c1-3-4-22(9-12-27)19-29-13-10-24(11-14-29)26(33)31-17-15-30(16-18-31)20-23-5-7-25(8-6-23)28-21(2)32/h3-9,12,24H,1,10-11,13-20,27H2,2H3,(H,28,32)/b12-9-,22-4+. The van der Waals surface area contributed by atoms with Crippen LogP contribution in [0.25, 0.3) is 0 Å². The summed E-state index contributed by atoms with van der Waals surface area (Å²) in [5, 5.41) is 2.79. The van der Waals surface area contributed by atoms with E-state index < -0.39 is 0 Å². The van der Waals surface area contributed by atoms with Crippen molar-refractivity contribution in [1.29, 1.82) is 0 Å². The minimum atomic E-state index is -0.0627. The van der Waals surface area contributed by atoms with E-state index in [1.54, 1.807) is 12.3 Å². The zero-order chi connectivity index (χ0) is 23.6. The Morgan fingerprint density at radius 1 is 1.06 bits per heavy atom. The van der Waals surface area contributed by atoms with Gasteiger partial charge in [-0.05, 0) is 61.5 Å². The molecule has 2 aliphatic heterocycles. The van der Waals surface area contributed by atoms with Gasteiger partial charge in [-0.3, -0.25) is 19.4 Å². The molecule has 2 saturated heterocycles. The maximum Gasteiger partial charge on any atom is 0.225 e. The third kappa shape index (κ3) is 7.58. The third-order valence-corrected chi connectivity index (χ3v) is 6.35. The summed E-state index contributed by atoms with van der Waals surface area (Å²) in [4.78, 5) is 31.1. The first-order valence-corrected chi connectivity index (χ1v) is 11.8. The molecule has 2 aliphatic rings. The molecule has 3 N–H and O–H groups in total. The van der Waals surface area contributed by atoms with E-state index in [2.05, 4.69) is 38.7 Å². The van der Waals surface area contributed by atoms with E-state index in [1.165, 1.54) is 12.5 Å². The topological polar surface area (TPSA) is 81.9 Å². The fourth-order valence-electron chi connectivity index (χ4n) is 4.57. The lowest BCUT2D eigenvalue weighted by Crippen LogP contribution is -2.51. The summed E-state index contributed by atoms with van der Waals surface area (Å²) in [7, 11) is 0. The Kier molecular flexibility index (Phi) is 9.27. The molecule has 0 spiro atoms. The molecule has 7 heteroatoms. The van der Waals surface area contributed by atoms with E-state index in [0.717, 1.165) is 76.5 Å². The van der Waals surface area contributed by atoms with Gasteiger partial charge < -0.3 is 16.0 Å². The van der Waals surface area contributed by atoms with Gasteiger partial charge in [0.1, 0.15) is 0 Å². The molecular weight excluding hydrogens is 414 g/mol. The molecule has 0 saturated carbocycles. The number of hydrogen-bond donors (Lipinski definition) is 2. The van der Waals surface area contributed by atoms with Gasteiger partial charge in [-0.1, -0.05) is 30.9 Å². The number of nitrogens with one attached hydrogen (secondary N) is 1. The van der Waals surface area contributed by atoms with E-state index in [0.29, 0.717) is 5.91 Å². The van der Waals surface area contributed by atoms with Gasteiger partial charge in [0.05, 0.1) is 0 Å². The number of hydrogen-bond acceptors (Lipinski definition) is 5. The van der Waals surface area contributed by atoms with Gasteiger partial charge in [0.15, 0.2) is 0 Å². The summed E-state index contributed by atoms with van der Waals surface area (Å²) in [5.74, 6) is 0.385. The number of likely N-dealkylation sites (tertiary alicyclic amines) is 1. The maximum atomic E-state index is 13.1. The largest absolute Gasteiger partial charge is 0.405 e. The maximum absolute atomic E-state index is 13.1. The number of piperazine rings is 1. The molecule has 0 atom stereocenters. The molecule has 1 aromatic carbocycles. The van der Waals surface area contributed by atoms with Crippen LogP contribution in [-0.4, -0.2) is 72.3 Å². The highest BCUT2D eigenvalue weighted by Gasteiger charge is 2.30. The lowest BCUT2D eigenvalue weighted by Gasteiger charge is -2.38. The van der Waals surface area contributed by atoms with Gasteiger partial charge in [0.2, 0.25) is 11.8 Å². The number of piperidine rings is 1. The van der Waals surface area contributed by atoms with Crippen LogP contribution in [0.1, 0.15) is 25.3 Å². The van der Waals surface area contributed by atoms with Crippen molar-refractivity contribution in [2.24, 2.45) is 11.7 Å². The molecule has 0 bridgehead atoms. The van der Waals surface area contributed by atoms with Crippen LogP contribution in [0.2, 0.25) is 0 Å². The summed E-state index contributed by atoms with van der Waals surface area (Å²) in [5.41, 5.74) is 8.71. The van der Waals surface area contributed by atoms with Crippen molar-refractivity contribution in [2.75, 3.05) is 51.1 Å². The van der Waals surface area contributed by atoms with E-state index in [1.807, 2.05) is 24.3 Å². The van der Waals surface area contributed by atoms with Crippen molar-refractivity contribution in [3.05, 3.63) is 66.4 Å². The normalized spacial score (nSPS) is 19.1. The average molecular weight is 452 g/mol. The van der Waals surface area contributed by atoms with Crippen molar-refractivity contribution in [3.8, 4) is 0 Å². The van der Waals surface area contributed by atoms with Gasteiger partial charge >= 0.3 is 0 Å². The number of allylic oxidation sites excluding steroid dienone is 2. The summed E-state index contributed by atoms with van der Waals surface area (Å²) in [6.07, 6.45) is 9.06. The van der Waals surface area contributed by atoms with Gasteiger partial charge in [-0.2, -0.15) is 0 Å². The highest BCUT2D eigenvalue weighted by atomic mass is 16.2. The van der Waals surface area contributed by atoms with E-state index in [9.17, 15) is 9.59 Å². The second-order valence-corrected chi connectivity index (χ2v) is 8.87. The quantitative estimate of drug-likeness (QED) is 0.594. The van der Waals surface area contributed by atoms with Crippen LogP contribution in [0.4, 0.5) is 5.69 Å². The molecule has 3 rings (SSSR count). The minimum absolute atomic E-state index is 0.0627. The Morgan fingerprint density at radius 2 is 1.73 bits per heavy atom. The molecule has 178 valence electrons. The molecule has 7 nitrogen and oxygen atoms in total. The monoisotopic (exact) mass is 451 g/mol. The molecule has 0 aromatic heterocycles. The van der Waals surface area contributed by atoms with Crippen molar-refractivity contribution in [3.63, 3.8) is 0 Å². The third-order valence-electron chi connectivity index (χ3n) is 6.35. The van der Waals surface area contributed by atoms with Crippen LogP contribution in [0.3, 0.4) is 0 Å². The highest BCUT2D eigenvalue weighted by Crippen LogP contribution is 2.22. The van der Waals surface area contributed by atoms with Gasteiger partial charge in [0.25, 0.3) is 0 Å². The Morgan fingerprint density at radius 3 is 2.30 bits per heavy atom. The van der Waals surface area contributed by atoms with Gasteiger partial charge in [-0.15, -0.1) is 0 Å². The predicted molar refractivity (Wildman–Crippen MR) is 133 cm³/mol. The number of rotatable bonds is 8. The Hall–Kier alpha value is -2.90. The zero-order valence-corrected chi connectivity index (χ0v) is 19.7. The summed E-state index contributed by atoms with van der Waals surface area (Å²) >= 11 is 0. The number of carbonyl (C=O) groups excluding carboxylic acids is 2. The fourth-order valence-corrected chi connectivity index (χ4v) is 4.57. The molecule has 0 unspecified atom stereocenters. The first-order valence-electron chi connectivity index (χ1n) is 11.8. The number of anilines is 1. The molecule has 0 radical (unpaired) electrons. The molecular formula is C26H37N5O2. The minimum Gasteiger partial charge on any atom is -0.405 e. The SMILES string of the molecule is C=C/C=C(\C=C/N)CN1CCC(C(=O)N2CCN(Cc3ccc(NC(C)=O)cc3)CC2)CC1. The van der Waals surface area contributed by atoms with E-state index in [-0.39, 0.29) is 11.8 Å². The summed E-state index contributed by atoms with van der Waals surface area (Å²) in [6, 6.07) is 7.97. The number of amides is 2. The predicted octanol–water partition coefficient (Wildman–Crippen LogP) is 2.59. The molecule has 2 heterocycles. The number of nitrogens with zero attached hydrogens (tertiary/aromatic N) is 3. The first-order chi connectivity index (χ1) is 16.0.